The monoisotopic (exact) mass is 370 g/mol. The van der Waals surface area contributed by atoms with Gasteiger partial charge >= 0.3 is 5.97 Å². The third-order valence-corrected chi connectivity index (χ3v) is 5.22. The van der Waals surface area contributed by atoms with E-state index in [0.29, 0.717) is 6.42 Å². The number of methoxy groups -OCH3 is 1. The summed E-state index contributed by atoms with van der Waals surface area (Å²) in [6.07, 6.45) is 16.8. The third-order valence-electron chi connectivity index (χ3n) is 5.22. The summed E-state index contributed by atoms with van der Waals surface area (Å²) in [5.74, 6) is -0.529. The molecular formula is C22H42O4. The number of rotatable bonds is 15. The second kappa shape index (κ2) is 13.5. The van der Waals surface area contributed by atoms with Gasteiger partial charge in [-0.25, -0.2) is 0 Å². The molecule has 0 saturated carbocycles. The van der Waals surface area contributed by atoms with Crippen molar-refractivity contribution >= 4 is 5.97 Å². The lowest BCUT2D eigenvalue weighted by Gasteiger charge is -2.16. The molecule has 0 aromatic heterocycles. The van der Waals surface area contributed by atoms with Crippen LogP contribution in [0.4, 0.5) is 0 Å². The fraction of sp³-hybridized carbons (Fsp3) is 0.955. The minimum Gasteiger partial charge on any atom is -0.469 e. The molecule has 0 aromatic rings. The van der Waals surface area contributed by atoms with Gasteiger partial charge in [-0.2, -0.15) is 0 Å². The van der Waals surface area contributed by atoms with E-state index in [2.05, 4.69) is 11.7 Å². The summed E-state index contributed by atoms with van der Waals surface area (Å²) in [5.41, 5.74) is 0. The van der Waals surface area contributed by atoms with Gasteiger partial charge in [0.15, 0.2) is 5.79 Å². The Morgan fingerprint density at radius 1 is 0.808 bits per heavy atom. The van der Waals surface area contributed by atoms with Crippen LogP contribution in [0.5, 0.6) is 0 Å². The molecule has 0 spiro atoms. The van der Waals surface area contributed by atoms with Gasteiger partial charge < -0.3 is 14.2 Å². The molecule has 0 aromatic carbocycles. The minimum atomic E-state index is -0.432. The second-order valence-electron chi connectivity index (χ2n) is 8.15. The van der Waals surface area contributed by atoms with Crippen molar-refractivity contribution < 1.29 is 19.0 Å². The van der Waals surface area contributed by atoms with Gasteiger partial charge in [-0.05, 0) is 33.1 Å². The zero-order valence-electron chi connectivity index (χ0n) is 17.7. The Balaban J connectivity index is 2.14. The highest BCUT2D eigenvalue weighted by atomic mass is 16.7. The average molecular weight is 371 g/mol. The summed E-state index contributed by atoms with van der Waals surface area (Å²) in [5, 5.41) is 0. The number of unbranched alkanes of at least 4 members (excludes halogenated alkanes) is 9. The molecular weight excluding hydrogens is 328 g/mol. The maximum Gasteiger partial charge on any atom is 0.305 e. The van der Waals surface area contributed by atoms with Gasteiger partial charge in [0.25, 0.3) is 0 Å². The first-order valence-electron chi connectivity index (χ1n) is 10.9. The van der Waals surface area contributed by atoms with Crippen molar-refractivity contribution in [2.45, 2.75) is 129 Å². The van der Waals surface area contributed by atoms with E-state index < -0.39 is 5.79 Å². The number of carbonyl (C=O) groups excluding carboxylic acids is 1. The van der Waals surface area contributed by atoms with E-state index in [4.69, 9.17) is 9.47 Å². The van der Waals surface area contributed by atoms with Gasteiger partial charge in [-0.1, -0.05) is 71.1 Å². The van der Waals surface area contributed by atoms with E-state index in [9.17, 15) is 4.79 Å². The highest BCUT2D eigenvalue weighted by Gasteiger charge is 2.40. The molecule has 1 aliphatic rings. The Kier molecular flexibility index (Phi) is 12.2. The summed E-state index contributed by atoms with van der Waals surface area (Å²) < 4.78 is 17.0. The van der Waals surface area contributed by atoms with Crippen LogP contribution in [-0.2, 0) is 19.0 Å². The van der Waals surface area contributed by atoms with Crippen LogP contribution in [0.3, 0.4) is 0 Å². The Morgan fingerprint density at radius 3 is 1.77 bits per heavy atom. The predicted octanol–water partition coefficient (Wildman–Crippen LogP) is 6.16. The molecule has 26 heavy (non-hydrogen) atoms. The Labute approximate surface area is 161 Å². The number of ether oxygens (including phenoxy) is 3. The molecule has 1 aliphatic heterocycles. The van der Waals surface area contributed by atoms with Gasteiger partial charge in [0, 0.05) is 6.42 Å². The third kappa shape index (κ3) is 10.5. The summed E-state index contributed by atoms with van der Waals surface area (Å²) in [6, 6.07) is 0. The SMILES string of the molecule is CCCCCCCCC1OC(C)(C)OC1CCCCCCCC(=O)OC. The van der Waals surface area contributed by atoms with Crippen LogP contribution >= 0.6 is 0 Å². The van der Waals surface area contributed by atoms with Crippen molar-refractivity contribution in [3.05, 3.63) is 0 Å². The van der Waals surface area contributed by atoms with Gasteiger partial charge in [-0.3, -0.25) is 4.79 Å². The zero-order valence-corrected chi connectivity index (χ0v) is 17.7. The summed E-state index contributed by atoms with van der Waals surface area (Å²) in [4.78, 5) is 11.1. The van der Waals surface area contributed by atoms with Crippen LogP contribution < -0.4 is 0 Å². The fourth-order valence-corrected chi connectivity index (χ4v) is 3.77. The average Bonchev–Trinajstić information content (AvgIpc) is 2.90. The maximum atomic E-state index is 11.1. The molecule has 4 nitrogen and oxygen atoms in total. The Bertz CT molecular complexity index is 367. The molecule has 2 atom stereocenters. The van der Waals surface area contributed by atoms with Crippen LogP contribution in [0, 0.1) is 0 Å². The van der Waals surface area contributed by atoms with Gasteiger partial charge in [0.2, 0.25) is 0 Å². The largest absolute Gasteiger partial charge is 0.469 e. The van der Waals surface area contributed by atoms with E-state index in [1.807, 2.05) is 13.8 Å². The van der Waals surface area contributed by atoms with E-state index in [1.165, 1.54) is 64.9 Å². The van der Waals surface area contributed by atoms with E-state index >= 15 is 0 Å². The van der Waals surface area contributed by atoms with Crippen LogP contribution in [0.15, 0.2) is 0 Å². The van der Waals surface area contributed by atoms with Crippen molar-refractivity contribution in [3.63, 3.8) is 0 Å². The molecule has 154 valence electrons. The lowest BCUT2D eigenvalue weighted by molar-refractivity contribution is -0.147. The number of carbonyl (C=O) groups is 1. The van der Waals surface area contributed by atoms with Crippen molar-refractivity contribution in [2.75, 3.05) is 7.11 Å². The zero-order chi connectivity index (χ0) is 19.3. The smallest absolute Gasteiger partial charge is 0.305 e. The Hall–Kier alpha value is -0.610. The van der Waals surface area contributed by atoms with Crippen molar-refractivity contribution in [3.8, 4) is 0 Å². The molecule has 1 heterocycles. The van der Waals surface area contributed by atoms with E-state index in [0.717, 1.165) is 25.7 Å². The highest BCUT2D eigenvalue weighted by molar-refractivity contribution is 5.68. The van der Waals surface area contributed by atoms with E-state index in [-0.39, 0.29) is 18.2 Å². The molecule has 1 fully saturated rings. The first kappa shape index (κ1) is 23.4. The van der Waals surface area contributed by atoms with Crippen molar-refractivity contribution in [1.29, 1.82) is 0 Å². The van der Waals surface area contributed by atoms with Crippen molar-refractivity contribution in [2.24, 2.45) is 0 Å². The van der Waals surface area contributed by atoms with Crippen molar-refractivity contribution in [1.82, 2.24) is 0 Å². The standard InChI is InChI=1S/C22H42O4/c1-5-6-7-8-10-13-16-19-20(26-22(2,3)25-19)17-14-11-9-12-15-18-21(23)24-4/h19-20H,5-18H2,1-4H3. The lowest BCUT2D eigenvalue weighted by Crippen LogP contribution is -2.22. The summed E-state index contributed by atoms with van der Waals surface area (Å²) in [6.45, 7) is 6.33. The molecule has 2 unspecified atom stereocenters. The minimum absolute atomic E-state index is 0.0960. The van der Waals surface area contributed by atoms with Gasteiger partial charge in [0.05, 0.1) is 19.3 Å². The lowest BCUT2D eigenvalue weighted by atomic mass is 9.99. The van der Waals surface area contributed by atoms with Gasteiger partial charge in [0.1, 0.15) is 0 Å². The molecule has 0 N–H and O–H groups in total. The van der Waals surface area contributed by atoms with Crippen LogP contribution in [-0.4, -0.2) is 31.1 Å². The molecule has 0 aliphatic carbocycles. The number of hydrogen-bond donors (Lipinski definition) is 0. The normalized spacial score (nSPS) is 21.8. The topological polar surface area (TPSA) is 44.8 Å². The van der Waals surface area contributed by atoms with E-state index in [1.54, 1.807) is 0 Å². The predicted molar refractivity (Wildman–Crippen MR) is 106 cm³/mol. The molecule has 1 saturated heterocycles. The number of hydrogen-bond acceptors (Lipinski definition) is 4. The molecule has 0 bridgehead atoms. The first-order chi connectivity index (χ1) is 12.5. The van der Waals surface area contributed by atoms with Crippen LogP contribution in [0.2, 0.25) is 0 Å². The number of esters is 1. The quantitative estimate of drug-likeness (QED) is 0.256. The first-order valence-corrected chi connectivity index (χ1v) is 10.9. The molecule has 0 amide bonds. The molecule has 1 rings (SSSR count). The Morgan fingerprint density at radius 2 is 1.27 bits per heavy atom. The highest BCUT2D eigenvalue weighted by Crippen LogP contribution is 2.33. The second-order valence-corrected chi connectivity index (χ2v) is 8.15. The molecule has 0 radical (unpaired) electrons. The fourth-order valence-electron chi connectivity index (χ4n) is 3.77. The maximum absolute atomic E-state index is 11.1. The van der Waals surface area contributed by atoms with Gasteiger partial charge in [-0.15, -0.1) is 0 Å². The summed E-state index contributed by atoms with van der Waals surface area (Å²) in [7, 11) is 1.45. The van der Waals surface area contributed by atoms with Crippen LogP contribution in [0.25, 0.3) is 0 Å². The molecule has 4 heteroatoms. The van der Waals surface area contributed by atoms with Crippen LogP contribution in [0.1, 0.15) is 111 Å². The summed E-state index contributed by atoms with van der Waals surface area (Å²) >= 11 is 0.